The Morgan fingerprint density at radius 3 is 2.39 bits per heavy atom. The number of ether oxygens (including phenoxy) is 1. The van der Waals surface area contributed by atoms with Crippen molar-refractivity contribution in [3.8, 4) is 0 Å². The molecule has 1 fully saturated rings. The van der Waals surface area contributed by atoms with Crippen LogP contribution in [0, 0.1) is 5.92 Å². The van der Waals surface area contributed by atoms with Crippen LogP contribution < -0.4 is 51.4 Å². The van der Waals surface area contributed by atoms with Gasteiger partial charge in [-0.05, 0) is 5.56 Å². The van der Waals surface area contributed by atoms with Crippen molar-refractivity contribution in [2.24, 2.45) is 5.92 Å². The number of halogens is 3. The van der Waals surface area contributed by atoms with E-state index in [2.05, 4.69) is 0 Å². The van der Waals surface area contributed by atoms with Gasteiger partial charge in [-0.15, -0.1) is 0 Å². The Balaban J connectivity index is 0.00000162. The van der Waals surface area contributed by atoms with Crippen molar-refractivity contribution in [3.05, 3.63) is 35.9 Å². The minimum absolute atomic E-state index is 0. The van der Waals surface area contributed by atoms with Gasteiger partial charge in [-0.1, -0.05) is 42.6 Å². The van der Waals surface area contributed by atoms with Gasteiger partial charge in [0, 0.05) is 5.92 Å². The van der Waals surface area contributed by atoms with E-state index in [1.165, 1.54) is 0 Å². The van der Waals surface area contributed by atoms with Gasteiger partial charge >= 0.3 is 64.3 Å². The molecule has 0 saturated heterocycles. The van der Waals surface area contributed by atoms with Crippen LogP contribution in [0.1, 0.15) is 12.0 Å². The van der Waals surface area contributed by atoms with Gasteiger partial charge in [0.1, 0.15) is 6.61 Å². The van der Waals surface area contributed by atoms with Crippen LogP contribution in [-0.4, -0.2) is 12.9 Å². The maximum Gasteiger partial charge on any atom is 1.00 e. The molecule has 0 aliphatic heterocycles. The summed E-state index contributed by atoms with van der Waals surface area (Å²) < 4.78 is 41.7. The molecule has 0 amide bonds. The third kappa shape index (κ3) is 4.38. The van der Waals surface area contributed by atoms with Crippen molar-refractivity contribution in [1.29, 1.82) is 0 Å². The summed E-state index contributed by atoms with van der Waals surface area (Å²) in [5.74, 6) is -3.16. The summed E-state index contributed by atoms with van der Waals surface area (Å²) in [5, 5.41) is 0. The summed E-state index contributed by atoms with van der Waals surface area (Å²) in [6.45, 7) is -4.87. The first-order valence-electron chi connectivity index (χ1n) is 5.39. The molecule has 0 aromatic heterocycles. The molecule has 7 heteroatoms. The number of carbonyl (C=O) groups excluding carboxylic acids is 1. The first-order chi connectivity index (χ1) is 7.98. The zero-order valence-corrected chi connectivity index (χ0v) is 13.1. The van der Waals surface area contributed by atoms with Crippen molar-refractivity contribution in [2.75, 3.05) is 0 Å². The molecule has 0 N–H and O–H groups in total. The Labute approximate surface area is 146 Å². The number of carbonyl (C=O) groups is 1. The fraction of sp³-hybridized carbons (Fsp3) is 0.364. The van der Waals surface area contributed by atoms with E-state index in [-0.39, 0.29) is 64.4 Å². The quantitative estimate of drug-likeness (QED) is 0.573. The van der Waals surface area contributed by atoms with Crippen molar-refractivity contribution < 1.29 is 73.9 Å². The fourth-order valence-corrected chi connectivity index (χ4v) is 1.74. The summed E-state index contributed by atoms with van der Waals surface area (Å²) in [5.41, 5.74) is 0.774. The van der Waals surface area contributed by atoms with E-state index in [4.69, 9.17) is 4.74 Å². The molecule has 1 saturated carbocycles. The van der Waals surface area contributed by atoms with Crippen LogP contribution in [-0.2, 0) is 16.1 Å². The van der Waals surface area contributed by atoms with Gasteiger partial charge < -0.3 is 17.7 Å². The second-order valence-electron chi connectivity index (χ2n) is 4.22. The zero-order chi connectivity index (χ0) is 12.5. The first-order valence-corrected chi connectivity index (χ1v) is 5.39. The average Bonchev–Trinajstić information content (AvgIpc) is 3.06. The van der Waals surface area contributed by atoms with Gasteiger partial charge in [0.2, 0.25) is 0 Å². The Bertz CT molecular complexity index is 410. The van der Waals surface area contributed by atoms with Crippen LogP contribution in [0.4, 0.5) is 12.9 Å². The normalized spacial score (nSPS) is 21.9. The molecule has 0 radical (unpaired) electrons. The number of hydrogen-bond acceptors (Lipinski definition) is 2. The molecule has 1 aliphatic carbocycles. The van der Waals surface area contributed by atoms with Crippen LogP contribution in [0.3, 0.4) is 0 Å². The molecule has 1 aromatic rings. The molecular formula is C11H11BF3KO2. The molecule has 0 bridgehead atoms. The standard InChI is InChI=1S/C11H11BF3O2.K/c13-12(14,15)10-6-9(10)11(16)17-7-8-4-2-1-3-5-8;/h1-5,9-10H,6-7H2;/q-1;+1/t9-,10+;/m0./s1. The van der Waals surface area contributed by atoms with Crippen molar-refractivity contribution in [1.82, 2.24) is 0 Å². The van der Waals surface area contributed by atoms with E-state index in [1.807, 2.05) is 6.07 Å². The first kappa shape index (κ1) is 16.2. The minimum Gasteiger partial charge on any atom is -0.461 e. The molecule has 1 aromatic carbocycles. The summed E-state index contributed by atoms with van der Waals surface area (Å²) in [4.78, 5) is 11.3. The third-order valence-corrected chi connectivity index (χ3v) is 2.85. The maximum absolute atomic E-state index is 12.3. The van der Waals surface area contributed by atoms with E-state index in [0.29, 0.717) is 0 Å². The Morgan fingerprint density at radius 2 is 1.89 bits per heavy atom. The van der Waals surface area contributed by atoms with Crippen LogP contribution in [0.5, 0.6) is 0 Å². The zero-order valence-electron chi connectivity index (χ0n) is 9.98. The van der Waals surface area contributed by atoms with Gasteiger partial charge in [0.05, 0.1) is 0 Å². The Morgan fingerprint density at radius 1 is 1.28 bits per heavy atom. The van der Waals surface area contributed by atoms with Crippen molar-refractivity contribution >= 4 is 12.9 Å². The topological polar surface area (TPSA) is 26.3 Å². The van der Waals surface area contributed by atoms with Gasteiger partial charge in [-0.25, -0.2) is 0 Å². The minimum atomic E-state index is -4.90. The summed E-state index contributed by atoms with van der Waals surface area (Å²) in [7, 11) is 0. The predicted molar refractivity (Wildman–Crippen MR) is 57.2 cm³/mol. The smallest absolute Gasteiger partial charge is 0.461 e. The third-order valence-electron chi connectivity index (χ3n) is 2.85. The molecular weight excluding hydrogens is 271 g/mol. The molecule has 2 nitrogen and oxygen atoms in total. The summed E-state index contributed by atoms with van der Waals surface area (Å²) >= 11 is 0. The van der Waals surface area contributed by atoms with Crippen LogP contribution in [0.25, 0.3) is 0 Å². The van der Waals surface area contributed by atoms with E-state index in [9.17, 15) is 17.7 Å². The second kappa shape index (κ2) is 6.56. The van der Waals surface area contributed by atoms with Crippen LogP contribution >= 0.6 is 0 Å². The number of benzene rings is 1. The number of rotatable bonds is 4. The second-order valence-corrected chi connectivity index (χ2v) is 4.22. The molecule has 0 heterocycles. The van der Waals surface area contributed by atoms with Crippen LogP contribution in [0.15, 0.2) is 30.3 Å². The van der Waals surface area contributed by atoms with Gasteiger partial charge in [-0.3, -0.25) is 4.79 Å². The van der Waals surface area contributed by atoms with Gasteiger partial charge in [0.25, 0.3) is 0 Å². The molecule has 2 rings (SSSR count). The molecule has 0 spiro atoms. The molecule has 1 aliphatic rings. The molecule has 2 atom stereocenters. The Hall–Kier alpha value is 0.181. The Kier molecular flexibility index (Phi) is 5.92. The van der Waals surface area contributed by atoms with Crippen molar-refractivity contribution in [3.63, 3.8) is 0 Å². The fourth-order valence-electron chi connectivity index (χ4n) is 1.74. The molecule has 18 heavy (non-hydrogen) atoms. The van der Waals surface area contributed by atoms with Gasteiger partial charge in [-0.2, -0.15) is 0 Å². The SMILES string of the molecule is O=C(OCc1ccccc1)[C@H]1C[C@H]1[B-](F)(F)F.[K+]. The summed E-state index contributed by atoms with van der Waals surface area (Å²) in [6, 6.07) is 8.88. The average molecular weight is 282 g/mol. The van der Waals surface area contributed by atoms with Crippen molar-refractivity contribution in [2.45, 2.75) is 18.8 Å². The number of esters is 1. The van der Waals surface area contributed by atoms with E-state index >= 15 is 0 Å². The monoisotopic (exact) mass is 282 g/mol. The maximum atomic E-state index is 12.3. The van der Waals surface area contributed by atoms with Crippen LogP contribution in [0.2, 0.25) is 5.82 Å². The number of hydrogen-bond donors (Lipinski definition) is 0. The van der Waals surface area contributed by atoms with E-state index in [1.54, 1.807) is 24.3 Å². The van der Waals surface area contributed by atoms with E-state index < -0.39 is 24.7 Å². The molecule has 0 unspecified atom stereocenters. The largest absolute Gasteiger partial charge is 1.00 e. The van der Waals surface area contributed by atoms with Gasteiger partial charge in [0.15, 0.2) is 0 Å². The summed E-state index contributed by atoms with van der Waals surface area (Å²) in [6.07, 6.45) is -0.114. The predicted octanol–water partition coefficient (Wildman–Crippen LogP) is -0.0287. The molecule has 92 valence electrons. The van der Waals surface area contributed by atoms with E-state index in [0.717, 1.165) is 5.56 Å².